The molecular formula is C19H22BrClN4O3. The molecule has 0 bridgehead atoms. The zero-order chi connectivity index (χ0) is 20.5. The number of aryl methyl sites for hydroxylation is 1. The van der Waals surface area contributed by atoms with Crippen LogP contribution in [0.5, 0.6) is 0 Å². The fourth-order valence-corrected chi connectivity index (χ4v) is 3.82. The van der Waals surface area contributed by atoms with Gasteiger partial charge in [-0.2, -0.15) is 5.10 Å². The third-order valence-electron chi connectivity index (χ3n) is 4.69. The highest BCUT2D eigenvalue weighted by Crippen LogP contribution is 2.31. The molecule has 1 aromatic carbocycles. The summed E-state index contributed by atoms with van der Waals surface area (Å²) in [4.78, 5) is 24.7. The lowest BCUT2D eigenvalue weighted by molar-refractivity contribution is -0.147. The highest BCUT2D eigenvalue weighted by atomic mass is 79.9. The van der Waals surface area contributed by atoms with Crippen LogP contribution in [0.3, 0.4) is 0 Å². The third kappa shape index (κ3) is 4.24. The van der Waals surface area contributed by atoms with Gasteiger partial charge in [0.1, 0.15) is 5.54 Å². The molecule has 0 saturated heterocycles. The number of amides is 1. The number of methoxy groups -OCH3 is 1. The smallest absolute Gasteiger partial charge is 0.325 e. The van der Waals surface area contributed by atoms with Gasteiger partial charge in [0, 0.05) is 11.0 Å². The number of hydrogen-bond donors (Lipinski definition) is 2. The van der Waals surface area contributed by atoms with Crippen molar-refractivity contribution in [3.8, 4) is 0 Å². The van der Waals surface area contributed by atoms with Gasteiger partial charge in [0.2, 0.25) is 0 Å². The molecule has 0 fully saturated rings. The fourth-order valence-electron chi connectivity index (χ4n) is 3.28. The Kier molecular flexibility index (Phi) is 6.12. The predicted octanol–water partition coefficient (Wildman–Crippen LogP) is 3.93. The lowest BCUT2D eigenvalue weighted by Crippen LogP contribution is -2.50. The first kappa shape index (κ1) is 20.8. The zero-order valence-corrected chi connectivity index (χ0v) is 18.2. The van der Waals surface area contributed by atoms with Crippen LogP contribution in [0.2, 0.25) is 5.02 Å². The normalized spacial score (nSPS) is 16.4. The van der Waals surface area contributed by atoms with Crippen molar-refractivity contribution in [3.63, 3.8) is 0 Å². The molecule has 0 radical (unpaired) electrons. The summed E-state index contributed by atoms with van der Waals surface area (Å²) in [5.41, 5.74) is 0.829. The van der Waals surface area contributed by atoms with E-state index >= 15 is 0 Å². The van der Waals surface area contributed by atoms with Crippen LogP contribution in [-0.4, -0.2) is 34.3 Å². The molecule has 1 atom stereocenters. The van der Waals surface area contributed by atoms with Crippen LogP contribution in [0.25, 0.3) is 0 Å². The molecule has 150 valence electrons. The van der Waals surface area contributed by atoms with Gasteiger partial charge in [-0.15, -0.1) is 0 Å². The number of anilines is 1. The number of halogens is 2. The molecule has 1 aliphatic rings. The summed E-state index contributed by atoms with van der Waals surface area (Å²) in [7, 11) is 1.37. The number of nitrogens with one attached hydrogen (secondary N) is 2. The van der Waals surface area contributed by atoms with Crippen LogP contribution in [-0.2, 0) is 16.1 Å². The van der Waals surface area contributed by atoms with E-state index in [-0.39, 0.29) is 17.9 Å². The van der Waals surface area contributed by atoms with E-state index in [0.29, 0.717) is 20.9 Å². The fraction of sp³-hybridized carbons (Fsp3) is 0.421. The van der Waals surface area contributed by atoms with Crippen LogP contribution in [0.1, 0.15) is 48.9 Å². The first-order valence-corrected chi connectivity index (χ1v) is 10.1. The highest BCUT2D eigenvalue weighted by molar-refractivity contribution is 9.10. The summed E-state index contributed by atoms with van der Waals surface area (Å²) in [5, 5.41) is 11.0. The molecule has 1 amide bonds. The number of benzene rings is 1. The van der Waals surface area contributed by atoms with Gasteiger partial charge >= 0.3 is 5.97 Å². The molecule has 3 rings (SSSR count). The molecule has 1 aliphatic heterocycles. The minimum atomic E-state index is -0.849. The van der Waals surface area contributed by atoms with Crippen molar-refractivity contribution in [2.45, 2.75) is 44.8 Å². The van der Waals surface area contributed by atoms with Crippen LogP contribution in [0.15, 0.2) is 28.7 Å². The predicted molar refractivity (Wildman–Crippen MR) is 111 cm³/mol. The summed E-state index contributed by atoms with van der Waals surface area (Å²) in [6.07, 6.45) is 1.73. The van der Waals surface area contributed by atoms with E-state index in [2.05, 4.69) is 31.7 Å². The SMILES string of the molecule is COC(=O)C(C)(C)NC1CCCn2nc(C(=O)Nc3cccc(Br)c3Cl)cc21. The number of aromatic nitrogens is 2. The van der Waals surface area contributed by atoms with E-state index in [0.717, 1.165) is 25.1 Å². The van der Waals surface area contributed by atoms with Crippen molar-refractivity contribution < 1.29 is 14.3 Å². The Morgan fingerprint density at radius 3 is 2.86 bits per heavy atom. The van der Waals surface area contributed by atoms with Crippen LogP contribution in [0.4, 0.5) is 5.69 Å². The van der Waals surface area contributed by atoms with Crippen LogP contribution >= 0.6 is 27.5 Å². The molecule has 9 heteroatoms. The van der Waals surface area contributed by atoms with Gasteiger partial charge in [0.05, 0.1) is 29.6 Å². The molecule has 7 nitrogen and oxygen atoms in total. The van der Waals surface area contributed by atoms with Crippen LogP contribution < -0.4 is 10.6 Å². The number of carbonyl (C=O) groups excluding carboxylic acids is 2. The number of rotatable bonds is 5. The topological polar surface area (TPSA) is 85.2 Å². The average Bonchev–Trinajstić information content (AvgIpc) is 3.10. The molecule has 2 aromatic rings. The van der Waals surface area contributed by atoms with Gasteiger partial charge in [-0.1, -0.05) is 17.7 Å². The molecule has 1 aromatic heterocycles. The molecule has 0 spiro atoms. The van der Waals surface area contributed by atoms with Crippen molar-refractivity contribution in [3.05, 3.63) is 45.1 Å². The van der Waals surface area contributed by atoms with Gasteiger partial charge in [-0.25, -0.2) is 0 Å². The lowest BCUT2D eigenvalue weighted by Gasteiger charge is -2.32. The quantitative estimate of drug-likeness (QED) is 0.648. The van der Waals surface area contributed by atoms with Crippen molar-refractivity contribution in [1.82, 2.24) is 15.1 Å². The summed E-state index contributed by atoms with van der Waals surface area (Å²) >= 11 is 9.57. The molecule has 1 unspecified atom stereocenters. The second-order valence-corrected chi connectivity index (χ2v) is 8.42. The van der Waals surface area contributed by atoms with Gasteiger partial charge in [0.15, 0.2) is 5.69 Å². The van der Waals surface area contributed by atoms with E-state index in [1.165, 1.54) is 7.11 Å². The Bertz CT molecular complexity index is 913. The minimum absolute atomic E-state index is 0.105. The Morgan fingerprint density at radius 1 is 1.39 bits per heavy atom. The maximum atomic E-state index is 12.7. The maximum absolute atomic E-state index is 12.7. The second-order valence-electron chi connectivity index (χ2n) is 7.19. The van der Waals surface area contributed by atoms with Gasteiger partial charge in [-0.3, -0.25) is 19.6 Å². The summed E-state index contributed by atoms with van der Waals surface area (Å²) in [5.74, 6) is -0.681. The summed E-state index contributed by atoms with van der Waals surface area (Å²) in [6, 6.07) is 6.97. The molecular weight excluding hydrogens is 448 g/mol. The van der Waals surface area contributed by atoms with E-state index in [4.69, 9.17) is 16.3 Å². The molecule has 0 saturated carbocycles. The van der Waals surface area contributed by atoms with E-state index in [9.17, 15) is 9.59 Å². The maximum Gasteiger partial charge on any atom is 0.325 e. The van der Waals surface area contributed by atoms with E-state index in [1.807, 2.05) is 4.68 Å². The van der Waals surface area contributed by atoms with Crippen molar-refractivity contribution in [1.29, 1.82) is 0 Å². The first-order chi connectivity index (χ1) is 13.2. The molecule has 2 heterocycles. The average molecular weight is 470 g/mol. The summed E-state index contributed by atoms with van der Waals surface area (Å²) in [6.45, 7) is 4.27. The minimum Gasteiger partial charge on any atom is -0.468 e. The second kappa shape index (κ2) is 8.23. The van der Waals surface area contributed by atoms with Crippen molar-refractivity contribution in [2.24, 2.45) is 0 Å². The number of esters is 1. The van der Waals surface area contributed by atoms with Crippen molar-refractivity contribution >= 4 is 45.1 Å². The zero-order valence-electron chi connectivity index (χ0n) is 15.9. The van der Waals surface area contributed by atoms with E-state index < -0.39 is 5.54 Å². The number of hydrogen-bond acceptors (Lipinski definition) is 5. The Labute approximate surface area is 176 Å². The van der Waals surface area contributed by atoms with Crippen LogP contribution in [0, 0.1) is 0 Å². The molecule has 2 N–H and O–H groups in total. The molecule has 0 aliphatic carbocycles. The monoisotopic (exact) mass is 468 g/mol. The standard InChI is InChI=1S/C19H22BrClN4O3/c1-19(2,18(27)28-3)23-12-8-5-9-25-15(12)10-14(24-25)17(26)22-13-7-4-6-11(20)16(13)21/h4,6-7,10,12,23H,5,8-9H2,1-3H3,(H,22,26). The number of fused-ring (bicyclic) bond motifs is 1. The number of ether oxygens (including phenoxy) is 1. The van der Waals surface area contributed by atoms with Gasteiger partial charge in [0.25, 0.3) is 5.91 Å². The first-order valence-electron chi connectivity index (χ1n) is 8.92. The Balaban J connectivity index is 1.81. The third-order valence-corrected chi connectivity index (χ3v) is 5.99. The van der Waals surface area contributed by atoms with E-state index in [1.54, 1.807) is 38.1 Å². The van der Waals surface area contributed by atoms with Gasteiger partial charge in [-0.05, 0) is 60.8 Å². The Hall–Kier alpha value is -1.90. The summed E-state index contributed by atoms with van der Waals surface area (Å²) < 4.78 is 7.38. The Morgan fingerprint density at radius 2 is 2.14 bits per heavy atom. The lowest BCUT2D eigenvalue weighted by atomic mass is 9.98. The number of nitrogens with zero attached hydrogens (tertiary/aromatic N) is 2. The van der Waals surface area contributed by atoms with Crippen molar-refractivity contribution in [2.75, 3.05) is 12.4 Å². The highest BCUT2D eigenvalue weighted by Gasteiger charge is 2.34. The van der Waals surface area contributed by atoms with Gasteiger partial charge < -0.3 is 10.1 Å². The number of carbonyl (C=O) groups is 2. The largest absolute Gasteiger partial charge is 0.468 e. The molecule has 28 heavy (non-hydrogen) atoms.